The van der Waals surface area contributed by atoms with Crippen LogP contribution in [0.5, 0.6) is 0 Å². The molecule has 0 aliphatic heterocycles. The monoisotopic (exact) mass is 303 g/mol. The van der Waals surface area contributed by atoms with Crippen molar-refractivity contribution in [3.8, 4) is 0 Å². The number of carbonyl (C=O) groups is 1. The highest BCUT2D eigenvalue weighted by Crippen LogP contribution is 2.27. The number of halogens is 1. The van der Waals surface area contributed by atoms with Crippen LogP contribution in [0.4, 0.5) is 0 Å². The van der Waals surface area contributed by atoms with Gasteiger partial charge < -0.3 is 11.1 Å². The van der Waals surface area contributed by atoms with Crippen LogP contribution < -0.4 is 11.1 Å². The molecular weight excluding hydrogens is 286 g/mol. The number of nitrogens with two attached hydrogens (primary N) is 1. The highest BCUT2D eigenvalue weighted by atomic mass is 35.5. The van der Waals surface area contributed by atoms with Crippen molar-refractivity contribution < 1.29 is 4.79 Å². The highest BCUT2D eigenvalue weighted by Gasteiger charge is 2.28. The first-order valence-electron chi connectivity index (χ1n) is 7.25. The van der Waals surface area contributed by atoms with Crippen LogP contribution in [0.3, 0.4) is 0 Å². The molecule has 3 rings (SSSR count). The van der Waals surface area contributed by atoms with Gasteiger partial charge in [-0.15, -0.1) is 0 Å². The molecule has 0 spiro atoms. The van der Waals surface area contributed by atoms with E-state index in [0.29, 0.717) is 28.6 Å². The van der Waals surface area contributed by atoms with Gasteiger partial charge in [0.25, 0.3) is 5.91 Å². The smallest absolute Gasteiger partial charge is 0.253 e. The number of fused-ring (bicyclic) bond motifs is 1. The van der Waals surface area contributed by atoms with Crippen molar-refractivity contribution in [3.05, 3.63) is 41.0 Å². The zero-order valence-electron chi connectivity index (χ0n) is 11.7. The molecule has 110 valence electrons. The van der Waals surface area contributed by atoms with Crippen molar-refractivity contribution in [2.24, 2.45) is 11.7 Å². The molecule has 2 aromatic rings. The molecule has 1 heterocycles. The summed E-state index contributed by atoms with van der Waals surface area (Å²) in [6.45, 7) is 0.616. The fourth-order valence-corrected chi connectivity index (χ4v) is 3.29. The Bertz CT molecular complexity index is 674. The van der Waals surface area contributed by atoms with Gasteiger partial charge in [-0.2, -0.15) is 0 Å². The SMILES string of the molecule is NCC1CCCC1NC(=O)c1ccc(Cl)c2cccnc12. The summed E-state index contributed by atoms with van der Waals surface area (Å²) in [5, 5.41) is 4.51. The third kappa shape index (κ3) is 2.74. The number of aromatic nitrogens is 1. The maximum Gasteiger partial charge on any atom is 0.253 e. The molecule has 1 aliphatic rings. The van der Waals surface area contributed by atoms with Gasteiger partial charge in [-0.3, -0.25) is 9.78 Å². The summed E-state index contributed by atoms with van der Waals surface area (Å²) >= 11 is 6.16. The van der Waals surface area contributed by atoms with Crippen molar-refractivity contribution in [1.29, 1.82) is 0 Å². The Balaban J connectivity index is 1.90. The van der Waals surface area contributed by atoms with E-state index in [2.05, 4.69) is 10.3 Å². The molecule has 0 bridgehead atoms. The first kappa shape index (κ1) is 14.3. The van der Waals surface area contributed by atoms with E-state index in [1.54, 1.807) is 18.3 Å². The largest absolute Gasteiger partial charge is 0.349 e. The molecule has 1 aromatic heterocycles. The van der Waals surface area contributed by atoms with Crippen LogP contribution in [0.1, 0.15) is 29.6 Å². The number of carbonyl (C=O) groups excluding carboxylic acids is 1. The zero-order valence-corrected chi connectivity index (χ0v) is 12.4. The molecule has 2 atom stereocenters. The Kier molecular flexibility index (Phi) is 4.08. The van der Waals surface area contributed by atoms with E-state index >= 15 is 0 Å². The summed E-state index contributed by atoms with van der Waals surface area (Å²) in [7, 11) is 0. The summed E-state index contributed by atoms with van der Waals surface area (Å²) in [4.78, 5) is 16.9. The topological polar surface area (TPSA) is 68.0 Å². The van der Waals surface area contributed by atoms with Crippen molar-refractivity contribution in [2.45, 2.75) is 25.3 Å². The second-order valence-corrected chi connectivity index (χ2v) is 5.91. The lowest BCUT2D eigenvalue weighted by Crippen LogP contribution is -2.39. The Hall–Kier alpha value is -1.65. The predicted molar refractivity (Wildman–Crippen MR) is 84.4 cm³/mol. The quantitative estimate of drug-likeness (QED) is 0.916. The Morgan fingerprint density at radius 3 is 3.05 bits per heavy atom. The average molecular weight is 304 g/mol. The molecule has 1 aromatic carbocycles. The number of rotatable bonds is 3. The summed E-state index contributed by atoms with van der Waals surface area (Å²) in [5.74, 6) is 0.279. The molecule has 21 heavy (non-hydrogen) atoms. The van der Waals surface area contributed by atoms with Gasteiger partial charge in [0.2, 0.25) is 0 Å². The number of nitrogens with one attached hydrogen (secondary N) is 1. The second-order valence-electron chi connectivity index (χ2n) is 5.50. The first-order chi connectivity index (χ1) is 10.2. The third-order valence-electron chi connectivity index (χ3n) is 4.24. The van der Waals surface area contributed by atoms with Gasteiger partial charge in [0, 0.05) is 17.6 Å². The van der Waals surface area contributed by atoms with Crippen LogP contribution in [0.2, 0.25) is 5.02 Å². The highest BCUT2D eigenvalue weighted by molar-refractivity contribution is 6.36. The fraction of sp³-hybridized carbons (Fsp3) is 0.375. The van der Waals surface area contributed by atoms with Gasteiger partial charge in [-0.05, 0) is 49.6 Å². The van der Waals surface area contributed by atoms with E-state index in [9.17, 15) is 4.79 Å². The van der Waals surface area contributed by atoms with E-state index in [1.165, 1.54) is 0 Å². The number of amides is 1. The Morgan fingerprint density at radius 1 is 1.38 bits per heavy atom. The summed E-state index contributed by atoms with van der Waals surface area (Å²) in [6.07, 6.45) is 4.87. The average Bonchev–Trinajstić information content (AvgIpc) is 2.95. The van der Waals surface area contributed by atoms with Crippen molar-refractivity contribution >= 4 is 28.4 Å². The van der Waals surface area contributed by atoms with E-state index in [0.717, 1.165) is 24.6 Å². The van der Waals surface area contributed by atoms with Gasteiger partial charge in [-0.25, -0.2) is 0 Å². The summed E-state index contributed by atoms with van der Waals surface area (Å²) in [5.41, 5.74) is 6.98. The lowest BCUT2D eigenvalue weighted by atomic mass is 10.0. The molecule has 0 saturated heterocycles. The molecule has 2 unspecified atom stereocenters. The molecule has 3 N–H and O–H groups in total. The van der Waals surface area contributed by atoms with Crippen LogP contribution in [-0.2, 0) is 0 Å². The molecular formula is C16H18ClN3O. The van der Waals surface area contributed by atoms with E-state index in [-0.39, 0.29) is 11.9 Å². The predicted octanol–water partition coefficient (Wildman–Crippen LogP) is 2.75. The lowest BCUT2D eigenvalue weighted by Gasteiger charge is -2.19. The van der Waals surface area contributed by atoms with Gasteiger partial charge in [0.15, 0.2) is 0 Å². The molecule has 1 fully saturated rings. The van der Waals surface area contributed by atoms with Crippen LogP contribution in [0.25, 0.3) is 10.9 Å². The van der Waals surface area contributed by atoms with E-state index in [4.69, 9.17) is 17.3 Å². The number of hydrogen-bond acceptors (Lipinski definition) is 3. The standard InChI is InChI=1S/C16H18ClN3O/c17-13-7-6-12(15-11(13)4-2-8-19-15)16(21)20-14-5-1-3-10(14)9-18/h2,4,6-8,10,14H,1,3,5,9,18H2,(H,20,21). The molecule has 4 nitrogen and oxygen atoms in total. The molecule has 1 saturated carbocycles. The number of hydrogen-bond donors (Lipinski definition) is 2. The maximum absolute atomic E-state index is 12.6. The third-order valence-corrected chi connectivity index (χ3v) is 4.57. The number of benzene rings is 1. The van der Waals surface area contributed by atoms with Crippen molar-refractivity contribution in [2.75, 3.05) is 6.54 Å². The van der Waals surface area contributed by atoms with E-state index < -0.39 is 0 Å². The molecule has 1 aliphatic carbocycles. The molecule has 1 amide bonds. The minimum absolute atomic E-state index is 0.0966. The van der Waals surface area contributed by atoms with Gasteiger partial charge in [0.05, 0.1) is 16.1 Å². The van der Waals surface area contributed by atoms with Crippen LogP contribution in [0.15, 0.2) is 30.5 Å². The lowest BCUT2D eigenvalue weighted by molar-refractivity contribution is 0.0930. The first-order valence-corrected chi connectivity index (χ1v) is 7.62. The number of nitrogens with zero attached hydrogens (tertiary/aromatic N) is 1. The van der Waals surface area contributed by atoms with Crippen molar-refractivity contribution in [1.82, 2.24) is 10.3 Å². The van der Waals surface area contributed by atoms with Crippen LogP contribution in [-0.4, -0.2) is 23.5 Å². The molecule has 0 radical (unpaired) electrons. The normalized spacial score (nSPS) is 21.6. The molecule has 5 heteroatoms. The van der Waals surface area contributed by atoms with Gasteiger partial charge >= 0.3 is 0 Å². The van der Waals surface area contributed by atoms with Crippen molar-refractivity contribution in [3.63, 3.8) is 0 Å². The summed E-state index contributed by atoms with van der Waals surface area (Å²) in [6, 6.07) is 7.34. The van der Waals surface area contributed by atoms with E-state index in [1.807, 2.05) is 12.1 Å². The van der Waals surface area contributed by atoms with Crippen LogP contribution >= 0.6 is 11.6 Å². The number of pyridine rings is 1. The second kappa shape index (κ2) is 6.00. The fourth-order valence-electron chi connectivity index (χ4n) is 3.08. The van der Waals surface area contributed by atoms with Gasteiger partial charge in [0.1, 0.15) is 0 Å². The minimum Gasteiger partial charge on any atom is -0.349 e. The Morgan fingerprint density at radius 2 is 2.24 bits per heavy atom. The minimum atomic E-state index is -0.0966. The maximum atomic E-state index is 12.6. The Labute approximate surface area is 128 Å². The van der Waals surface area contributed by atoms with Crippen LogP contribution in [0, 0.1) is 5.92 Å². The van der Waals surface area contributed by atoms with Gasteiger partial charge in [-0.1, -0.05) is 18.0 Å². The summed E-state index contributed by atoms with van der Waals surface area (Å²) < 4.78 is 0. The zero-order chi connectivity index (χ0) is 14.8.